The predicted molar refractivity (Wildman–Crippen MR) is 84.1 cm³/mol. The predicted octanol–water partition coefficient (Wildman–Crippen LogP) is 0.342. The van der Waals surface area contributed by atoms with Crippen LogP contribution >= 0.6 is 12.2 Å². The van der Waals surface area contributed by atoms with Crippen LogP contribution in [0.4, 0.5) is 0 Å². The Morgan fingerprint density at radius 1 is 1.24 bits per heavy atom. The van der Waals surface area contributed by atoms with Gasteiger partial charge >= 0.3 is 0 Å². The van der Waals surface area contributed by atoms with Crippen molar-refractivity contribution in [2.24, 2.45) is 5.73 Å². The molecule has 6 nitrogen and oxygen atoms in total. The molecule has 0 heterocycles. The molecule has 0 aliphatic heterocycles. The van der Waals surface area contributed by atoms with Crippen LogP contribution in [0, 0.1) is 0 Å². The van der Waals surface area contributed by atoms with Crippen molar-refractivity contribution in [1.82, 2.24) is 10.6 Å². The lowest BCUT2D eigenvalue weighted by Gasteiger charge is -2.10. The van der Waals surface area contributed by atoms with Gasteiger partial charge in [0.05, 0.1) is 12.1 Å². The van der Waals surface area contributed by atoms with Crippen molar-refractivity contribution in [3.63, 3.8) is 0 Å². The van der Waals surface area contributed by atoms with E-state index < -0.39 is 0 Å². The van der Waals surface area contributed by atoms with Crippen LogP contribution in [0.3, 0.4) is 0 Å². The van der Waals surface area contributed by atoms with Crippen LogP contribution in [0.15, 0.2) is 24.3 Å². The summed E-state index contributed by atoms with van der Waals surface area (Å²) >= 11 is 4.90. The van der Waals surface area contributed by atoms with Crippen molar-refractivity contribution in [3.05, 3.63) is 29.8 Å². The number of para-hydroxylation sites is 1. The quantitative estimate of drug-likeness (QED) is 0.602. The molecular formula is C14H19N3O3S. The van der Waals surface area contributed by atoms with E-state index in [0.29, 0.717) is 17.9 Å². The van der Waals surface area contributed by atoms with Gasteiger partial charge in [0.15, 0.2) is 6.61 Å². The number of nitrogens with two attached hydrogens (primary N) is 1. The third-order valence-corrected chi connectivity index (χ3v) is 2.75. The SMILES string of the molecule is CCCNC(=O)CNC(=O)COc1ccccc1C(N)=S. The first-order valence-electron chi connectivity index (χ1n) is 6.59. The zero-order valence-electron chi connectivity index (χ0n) is 11.8. The first kappa shape index (κ1) is 16.9. The number of carbonyl (C=O) groups excluding carboxylic acids is 2. The van der Waals surface area contributed by atoms with Gasteiger partial charge in [-0.25, -0.2) is 0 Å². The van der Waals surface area contributed by atoms with Gasteiger partial charge in [-0.1, -0.05) is 31.3 Å². The van der Waals surface area contributed by atoms with Crippen LogP contribution < -0.4 is 21.1 Å². The standard InChI is InChI=1S/C14H19N3O3S/c1-2-7-16-12(18)8-17-13(19)9-20-11-6-4-3-5-10(11)14(15)21/h3-6H,2,7-9H2,1H3,(H2,15,21)(H,16,18)(H,17,19). The second-order valence-corrected chi connectivity index (χ2v) is 4.72. The average Bonchev–Trinajstić information content (AvgIpc) is 2.48. The van der Waals surface area contributed by atoms with E-state index in [1.165, 1.54) is 0 Å². The Labute approximate surface area is 129 Å². The van der Waals surface area contributed by atoms with Crippen LogP contribution in [0.25, 0.3) is 0 Å². The molecule has 0 atom stereocenters. The molecule has 0 saturated heterocycles. The molecule has 0 saturated carbocycles. The highest BCUT2D eigenvalue weighted by atomic mass is 32.1. The fourth-order valence-corrected chi connectivity index (χ4v) is 1.66. The van der Waals surface area contributed by atoms with E-state index in [-0.39, 0.29) is 30.0 Å². The highest BCUT2D eigenvalue weighted by Gasteiger charge is 2.09. The second-order valence-electron chi connectivity index (χ2n) is 4.28. The van der Waals surface area contributed by atoms with Gasteiger partial charge in [0.25, 0.3) is 5.91 Å². The number of thiocarbonyl (C=S) groups is 1. The van der Waals surface area contributed by atoms with E-state index in [9.17, 15) is 9.59 Å². The maximum atomic E-state index is 11.6. The zero-order valence-corrected chi connectivity index (χ0v) is 12.7. The first-order valence-corrected chi connectivity index (χ1v) is 7.00. The fraction of sp³-hybridized carbons (Fsp3) is 0.357. The van der Waals surface area contributed by atoms with Crippen molar-refractivity contribution in [2.75, 3.05) is 19.7 Å². The van der Waals surface area contributed by atoms with Gasteiger partial charge < -0.3 is 21.1 Å². The van der Waals surface area contributed by atoms with Crippen LogP contribution in [0.5, 0.6) is 5.75 Å². The molecule has 0 aliphatic carbocycles. The Balaban J connectivity index is 2.40. The minimum absolute atomic E-state index is 0.0703. The summed E-state index contributed by atoms with van der Waals surface area (Å²) in [6, 6.07) is 6.93. The highest BCUT2D eigenvalue weighted by Crippen LogP contribution is 2.17. The maximum absolute atomic E-state index is 11.6. The zero-order chi connectivity index (χ0) is 15.7. The molecule has 4 N–H and O–H groups in total. The van der Waals surface area contributed by atoms with E-state index in [0.717, 1.165) is 6.42 Å². The lowest BCUT2D eigenvalue weighted by atomic mass is 10.2. The van der Waals surface area contributed by atoms with Gasteiger partial charge in [0.1, 0.15) is 10.7 Å². The number of hydrogen-bond acceptors (Lipinski definition) is 4. The molecule has 2 amide bonds. The summed E-state index contributed by atoms with van der Waals surface area (Å²) in [6.45, 7) is 2.26. The smallest absolute Gasteiger partial charge is 0.258 e. The molecule has 0 aliphatic rings. The molecule has 21 heavy (non-hydrogen) atoms. The Morgan fingerprint density at radius 3 is 2.62 bits per heavy atom. The summed E-state index contributed by atoms with van der Waals surface area (Å²) in [6.07, 6.45) is 0.846. The van der Waals surface area contributed by atoms with Gasteiger partial charge in [-0.15, -0.1) is 0 Å². The molecule has 1 rings (SSSR count). The number of benzene rings is 1. The van der Waals surface area contributed by atoms with E-state index >= 15 is 0 Å². The molecule has 1 aromatic rings. The average molecular weight is 309 g/mol. The third kappa shape index (κ3) is 6.22. The number of rotatable bonds is 8. The molecule has 1 aromatic carbocycles. The largest absolute Gasteiger partial charge is 0.483 e. The van der Waals surface area contributed by atoms with Crippen molar-refractivity contribution < 1.29 is 14.3 Å². The van der Waals surface area contributed by atoms with Crippen molar-refractivity contribution in [1.29, 1.82) is 0 Å². The summed E-state index contributed by atoms with van der Waals surface area (Å²) in [5.41, 5.74) is 6.13. The number of amides is 2. The van der Waals surface area contributed by atoms with Crippen LogP contribution in [0.1, 0.15) is 18.9 Å². The normalized spacial score (nSPS) is 9.76. The van der Waals surface area contributed by atoms with Gasteiger partial charge in [0, 0.05) is 6.54 Å². The molecule has 0 spiro atoms. The lowest BCUT2D eigenvalue weighted by molar-refractivity contribution is -0.127. The van der Waals surface area contributed by atoms with Crippen molar-refractivity contribution >= 4 is 29.0 Å². The second kappa shape index (κ2) is 8.91. The Morgan fingerprint density at radius 2 is 1.95 bits per heavy atom. The minimum atomic E-state index is -0.389. The monoisotopic (exact) mass is 309 g/mol. The summed E-state index contributed by atoms with van der Waals surface area (Å²) in [5.74, 6) is -0.177. The summed E-state index contributed by atoms with van der Waals surface area (Å²) in [5, 5.41) is 5.13. The number of ether oxygens (including phenoxy) is 1. The molecule has 114 valence electrons. The van der Waals surface area contributed by atoms with E-state index in [4.69, 9.17) is 22.7 Å². The molecule has 0 fully saturated rings. The Kier molecular flexibility index (Phi) is 7.17. The van der Waals surface area contributed by atoms with Gasteiger partial charge in [-0.05, 0) is 18.6 Å². The van der Waals surface area contributed by atoms with Gasteiger partial charge in [0.2, 0.25) is 5.91 Å². The first-order chi connectivity index (χ1) is 10.0. The van der Waals surface area contributed by atoms with Crippen LogP contribution in [-0.2, 0) is 9.59 Å². The summed E-state index contributed by atoms with van der Waals surface area (Å²) in [4.78, 5) is 23.1. The topological polar surface area (TPSA) is 93.5 Å². The molecule has 0 aromatic heterocycles. The number of hydrogen-bond donors (Lipinski definition) is 3. The molecule has 0 bridgehead atoms. The van der Waals surface area contributed by atoms with Crippen LogP contribution in [-0.4, -0.2) is 36.5 Å². The molecular weight excluding hydrogens is 290 g/mol. The fourth-order valence-electron chi connectivity index (χ4n) is 1.50. The molecule has 0 unspecified atom stereocenters. The van der Waals surface area contributed by atoms with Crippen molar-refractivity contribution in [3.8, 4) is 5.75 Å². The molecule has 0 radical (unpaired) electrons. The lowest BCUT2D eigenvalue weighted by Crippen LogP contribution is -2.39. The Bertz CT molecular complexity index is 520. The maximum Gasteiger partial charge on any atom is 0.258 e. The number of nitrogens with one attached hydrogen (secondary N) is 2. The highest BCUT2D eigenvalue weighted by molar-refractivity contribution is 7.80. The van der Waals surface area contributed by atoms with E-state index in [2.05, 4.69) is 10.6 Å². The van der Waals surface area contributed by atoms with Gasteiger partial charge in [-0.2, -0.15) is 0 Å². The summed E-state index contributed by atoms with van der Waals surface area (Å²) < 4.78 is 5.36. The van der Waals surface area contributed by atoms with Crippen LogP contribution in [0.2, 0.25) is 0 Å². The third-order valence-electron chi connectivity index (χ3n) is 2.53. The number of carbonyl (C=O) groups is 2. The van der Waals surface area contributed by atoms with Gasteiger partial charge in [-0.3, -0.25) is 9.59 Å². The van der Waals surface area contributed by atoms with Crippen molar-refractivity contribution in [2.45, 2.75) is 13.3 Å². The minimum Gasteiger partial charge on any atom is -0.483 e. The van der Waals surface area contributed by atoms with E-state index in [1.807, 2.05) is 6.92 Å². The van der Waals surface area contributed by atoms with E-state index in [1.54, 1.807) is 24.3 Å². The summed E-state index contributed by atoms with van der Waals surface area (Å²) in [7, 11) is 0. The Hall–Kier alpha value is -2.15. The molecule has 7 heteroatoms.